The van der Waals surface area contributed by atoms with E-state index in [0.717, 1.165) is 12.1 Å². The van der Waals surface area contributed by atoms with E-state index in [9.17, 15) is 20.2 Å². The Morgan fingerprint density at radius 2 is 2.00 bits per heavy atom. The highest BCUT2D eigenvalue weighted by molar-refractivity contribution is 9.09. The summed E-state index contributed by atoms with van der Waals surface area (Å²) in [5.41, 5.74) is -0.802. The highest BCUT2D eigenvalue weighted by atomic mass is 79.9. The number of hydrogen-bond acceptors (Lipinski definition) is 5. The molecule has 18 heavy (non-hydrogen) atoms. The number of benzene rings is 1. The van der Waals surface area contributed by atoms with E-state index < -0.39 is 20.5 Å². The zero-order valence-corrected chi connectivity index (χ0v) is 10.9. The van der Waals surface area contributed by atoms with E-state index in [4.69, 9.17) is 4.74 Å². The molecule has 1 rings (SSSR count). The van der Waals surface area contributed by atoms with Gasteiger partial charge in [-0.05, 0) is 35.0 Å². The number of nitrogens with zero attached hydrogens (tertiary/aromatic N) is 2. The summed E-state index contributed by atoms with van der Waals surface area (Å²) in [4.78, 5) is 19.9. The number of non-ortho nitro benzene ring substituents is 1. The van der Waals surface area contributed by atoms with Gasteiger partial charge in [0.2, 0.25) is 0 Å². The van der Waals surface area contributed by atoms with Gasteiger partial charge in [-0.1, -0.05) is 6.08 Å². The molecule has 1 aromatic rings. The van der Waals surface area contributed by atoms with E-state index in [1.165, 1.54) is 6.07 Å². The normalized spacial score (nSPS) is 12.3. The average molecular weight is 317 g/mol. The van der Waals surface area contributed by atoms with Crippen LogP contribution >= 0.6 is 15.9 Å². The van der Waals surface area contributed by atoms with Crippen LogP contribution in [0, 0.1) is 20.2 Å². The lowest BCUT2D eigenvalue weighted by molar-refractivity contribution is -0.394. The van der Waals surface area contributed by atoms with Crippen LogP contribution in [0.2, 0.25) is 0 Å². The fourth-order valence-corrected chi connectivity index (χ4v) is 1.68. The maximum absolute atomic E-state index is 10.8. The van der Waals surface area contributed by atoms with Crippen LogP contribution in [-0.4, -0.2) is 14.9 Å². The molecule has 0 spiro atoms. The average Bonchev–Trinajstić information content (AvgIpc) is 2.29. The Kier molecular flexibility index (Phi) is 4.78. The van der Waals surface area contributed by atoms with Crippen molar-refractivity contribution in [3.8, 4) is 5.75 Å². The van der Waals surface area contributed by atoms with Gasteiger partial charge >= 0.3 is 5.69 Å². The standard InChI is InChI=1S/C10H9BrN2O5/c1-2-3-10(11)18-9-5-4-7(12(14)15)6-8(9)13(16)17/h2-6,10H,1H3. The molecule has 0 saturated heterocycles. The number of hydrogen-bond donors (Lipinski definition) is 0. The van der Waals surface area contributed by atoms with Crippen LogP contribution in [0.1, 0.15) is 6.92 Å². The van der Waals surface area contributed by atoms with E-state index in [1.807, 2.05) is 0 Å². The van der Waals surface area contributed by atoms with E-state index in [-0.39, 0.29) is 11.4 Å². The minimum absolute atomic E-state index is 0.0365. The predicted octanol–water partition coefficient (Wildman–Crippen LogP) is 3.18. The molecule has 96 valence electrons. The first-order valence-electron chi connectivity index (χ1n) is 4.82. The number of nitro benzene ring substituents is 2. The van der Waals surface area contributed by atoms with Gasteiger partial charge in [0.1, 0.15) is 0 Å². The molecular weight excluding hydrogens is 308 g/mol. The molecule has 7 nitrogen and oxygen atoms in total. The lowest BCUT2D eigenvalue weighted by Gasteiger charge is -2.09. The second-order valence-electron chi connectivity index (χ2n) is 3.16. The Bertz CT molecular complexity index is 503. The van der Waals surface area contributed by atoms with Gasteiger partial charge in [-0.15, -0.1) is 0 Å². The molecular formula is C10H9BrN2O5. The molecule has 0 heterocycles. The molecule has 0 bridgehead atoms. The fraction of sp³-hybridized carbons (Fsp3) is 0.200. The number of halogens is 1. The van der Waals surface area contributed by atoms with Gasteiger partial charge in [0.05, 0.1) is 15.9 Å². The zero-order valence-electron chi connectivity index (χ0n) is 9.28. The molecule has 0 aliphatic rings. The van der Waals surface area contributed by atoms with Crippen molar-refractivity contribution in [2.24, 2.45) is 0 Å². The molecule has 1 aromatic carbocycles. The molecule has 0 aliphatic carbocycles. The summed E-state index contributed by atoms with van der Waals surface area (Å²) < 4.78 is 5.25. The van der Waals surface area contributed by atoms with Crippen LogP contribution in [0.25, 0.3) is 0 Å². The second kappa shape index (κ2) is 6.10. The molecule has 0 saturated carbocycles. The third-order valence-corrected chi connectivity index (χ3v) is 2.43. The summed E-state index contributed by atoms with van der Waals surface area (Å²) in [6.07, 6.45) is 3.34. The molecule has 0 aromatic heterocycles. The second-order valence-corrected chi connectivity index (χ2v) is 4.06. The molecule has 0 aliphatic heterocycles. The summed E-state index contributed by atoms with van der Waals surface area (Å²) in [6.45, 7) is 1.77. The quantitative estimate of drug-likeness (QED) is 0.360. The number of rotatable bonds is 5. The smallest absolute Gasteiger partial charge is 0.317 e. The first kappa shape index (κ1) is 14.1. The highest BCUT2D eigenvalue weighted by Crippen LogP contribution is 2.32. The fourth-order valence-electron chi connectivity index (χ4n) is 1.17. The van der Waals surface area contributed by atoms with Crippen molar-refractivity contribution in [1.29, 1.82) is 0 Å². The van der Waals surface area contributed by atoms with Crippen molar-refractivity contribution in [1.82, 2.24) is 0 Å². The summed E-state index contributed by atoms with van der Waals surface area (Å²) in [7, 11) is 0. The van der Waals surface area contributed by atoms with Crippen LogP contribution in [0.3, 0.4) is 0 Å². The van der Waals surface area contributed by atoms with Crippen LogP contribution in [0.5, 0.6) is 5.75 Å². The molecule has 0 amide bonds. The first-order chi connectivity index (χ1) is 8.45. The third kappa shape index (κ3) is 3.52. The highest BCUT2D eigenvalue weighted by Gasteiger charge is 2.21. The molecule has 1 atom stereocenters. The molecule has 8 heteroatoms. The van der Waals surface area contributed by atoms with Crippen molar-refractivity contribution in [3.05, 3.63) is 50.6 Å². The van der Waals surface area contributed by atoms with Crippen LogP contribution in [0.4, 0.5) is 11.4 Å². The van der Waals surface area contributed by atoms with Crippen molar-refractivity contribution in [2.75, 3.05) is 0 Å². The van der Waals surface area contributed by atoms with Gasteiger partial charge in [0, 0.05) is 6.07 Å². The molecule has 1 unspecified atom stereocenters. The van der Waals surface area contributed by atoms with Crippen LogP contribution in [0.15, 0.2) is 30.4 Å². The third-order valence-electron chi connectivity index (χ3n) is 1.93. The Morgan fingerprint density at radius 3 is 2.50 bits per heavy atom. The monoisotopic (exact) mass is 316 g/mol. The molecule has 0 radical (unpaired) electrons. The number of nitro groups is 2. The largest absolute Gasteiger partial charge is 0.468 e. The SMILES string of the molecule is CC=CC(Br)Oc1ccc([N+](=O)[O-])cc1[N+](=O)[O-]. The molecule has 0 N–H and O–H groups in total. The summed E-state index contributed by atoms with van der Waals surface area (Å²) >= 11 is 3.14. The number of allylic oxidation sites excluding steroid dienone is 1. The van der Waals surface area contributed by atoms with Crippen LogP contribution in [-0.2, 0) is 0 Å². The Hall–Kier alpha value is -1.96. The predicted molar refractivity (Wildman–Crippen MR) is 67.9 cm³/mol. The maximum atomic E-state index is 10.8. The first-order valence-corrected chi connectivity index (χ1v) is 5.73. The Morgan fingerprint density at radius 1 is 1.33 bits per heavy atom. The Labute approximate surface area is 110 Å². The lowest BCUT2D eigenvalue weighted by Crippen LogP contribution is -2.06. The number of ether oxygens (including phenoxy) is 1. The van der Waals surface area contributed by atoms with Gasteiger partial charge in [0.15, 0.2) is 10.8 Å². The van der Waals surface area contributed by atoms with Crippen molar-refractivity contribution < 1.29 is 14.6 Å². The van der Waals surface area contributed by atoms with Gasteiger partial charge in [-0.2, -0.15) is 0 Å². The maximum Gasteiger partial charge on any atom is 0.317 e. The summed E-state index contributed by atoms with van der Waals surface area (Å²) in [5.74, 6) is -0.0365. The minimum atomic E-state index is -0.724. The van der Waals surface area contributed by atoms with Crippen molar-refractivity contribution >= 4 is 27.3 Å². The van der Waals surface area contributed by atoms with Gasteiger partial charge in [0.25, 0.3) is 5.69 Å². The van der Waals surface area contributed by atoms with Crippen molar-refractivity contribution in [3.63, 3.8) is 0 Å². The minimum Gasteiger partial charge on any atom is -0.468 e. The van der Waals surface area contributed by atoms with E-state index in [2.05, 4.69) is 15.9 Å². The van der Waals surface area contributed by atoms with E-state index in [0.29, 0.717) is 0 Å². The number of alkyl halides is 1. The van der Waals surface area contributed by atoms with Gasteiger partial charge in [-0.25, -0.2) is 0 Å². The van der Waals surface area contributed by atoms with E-state index >= 15 is 0 Å². The van der Waals surface area contributed by atoms with Gasteiger partial charge in [-0.3, -0.25) is 20.2 Å². The zero-order chi connectivity index (χ0) is 13.7. The topological polar surface area (TPSA) is 95.5 Å². The van der Waals surface area contributed by atoms with Gasteiger partial charge < -0.3 is 4.74 Å². The Balaban J connectivity index is 3.11. The van der Waals surface area contributed by atoms with E-state index in [1.54, 1.807) is 19.1 Å². The van der Waals surface area contributed by atoms with Crippen molar-refractivity contribution in [2.45, 2.75) is 11.9 Å². The summed E-state index contributed by atoms with van der Waals surface area (Å²) in [6, 6.07) is 3.22. The van der Waals surface area contributed by atoms with Crippen LogP contribution < -0.4 is 4.74 Å². The summed E-state index contributed by atoms with van der Waals surface area (Å²) in [5, 5.41) is 20.8. The lowest BCUT2D eigenvalue weighted by atomic mass is 10.2. The molecule has 0 fully saturated rings.